The number of nitrogens with one attached hydrogen (secondary N) is 1. The largest absolute Gasteiger partial charge is 0.370 e. The third kappa shape index (κ3) is 2.89. The molecule has 0 aromatic rings. The van der Waals surface area contributed by atoms with E-state index in [0.29, 0.717) is 17.7 Å². The second kappa shape index (κ2) is 5.48. The predicted molar refractivity (Wildman–Crippen MR) is 73.8 cm³/mol. The zero-order valence-corrected chi connectivity index (χ0v) is 11.8. The average Bonchev–Trinajstić information content (AvgIpc) is 2.90. The molecule has 3 nitrogen and oxygen atoms in total. The van der Waals surface area contributed by atoms with E-state index in [0.717, 1.165) is 6.54 Å². The Kier molecular flexibility index (Phi) is 3.92. The Labute approximate surface area is 111 Å². The molecule has 1 spiro atoms. The van der Waals surface area contributed by atoms with Crippen molar-refractivity contribution >= 4 is 0 Å². The lowest BCUT2D eigenvalue weighted by Gasteiger charge is -2.28. The summed E-state index contributed by atoms with van der Waals surface area (Å²) < 4.78 is 6.43. The molecule has 0 aromatic heterocycles. The molecule has 2 unspecified atom stereocenters. The van der Waals surface area contributed by atoms with Gasteiger partial charge in [0.1, 0.15) is 0 Å². The third-order valence-corrected chi connectivity index (χ3v) is 4.99. The molecule has 3 heteroatoms. The van der Waals surface area contributed by atoms with Crippen molar-refractivity contribution < 1.29 is 4.74 Å². The van der Waals surface area contributed by atoms with Crippen LogP contribution >= 0.6 is 0 Å². The highest BCUT2D eigenvalue weighted by Gasteiger charge is 2.42. The maximum atomic E-state index is 6.43. The van der Waals surface area contributed by atoms with Gasteiger partial charge >= 0.3 is 0 Å². The molecule has 1 saturated carbocycles. The highest BCUT2D eigenvalue weighted by atomic mass is 16.5. The van der Waals surface area contributed by atoms with Crippen molar-refractivity contribution in [1.82, 2.24) is 10.2 Å². The summed E-state index contributed by atoms with van der Waals surface area (Å²) in [7, 11) is 0. The summed E-state index contributed by atoms with van der Waals surface area (Å²) >= 11 is 0. The molecule has 2 atom stereocenters. The van der Waals surface area contributed by atoms with Gasteiger partial charge in [-0.15, -0.1) is 0 Å². The minimum atomic E-state index is 0.306. The topological polar surface area (TPSA) is 24.5 Å². The van der Waals surface area contributed by atoms with Crippen LogP contribution in [-0.4, -0.2) is 48.8 Å². The van der Waals surface area contributed by atoms with Crippen molar-refractivity contribution in [1.29, 1.82) is 0 Å². The maximum Gasteiger partial charge on any atom is 0.0710 e. The van der Waals surface area contributed by atoms with E-state index >= 15 is 0 Å². The SMILES string of the molecule is CC1CN(CC2CCC3(CCCC3)O2)CCCN1. The predicted octanol–water partition coefficient (Wildman–Crippen LogP) is 2.16. The van der Waals surface area contributed by atoms with Crippen LogP contribution in [0, 0.1) is 0 Å². The lowest BCUT2D eigenvalue weighted by atomic mass is 9.98. The Balaban J connectivity index is 1.51. The fourth-order valence-electron chi connectivity index (χ4n) is 4.06. The molecule has 0 radical (unpaired) electrons. The lowest BCUT2D eigenvalue weighted by Crippen LogP contribution is -2.39. The first-order valence-electron chi connectivity index (χ1n) is 7.89. The molecule has 0 bridgehead atoms. The monoisotopic (exact) mass is 252 g/mol. The van der Waals surface area contributed by atoms with E-state index in [2.05, 4.69) is 17.1 Å². The average molecular weight is 252 g/mol. The second-order valence-electron chi connectivity index (χ2n) is 6.64. The molecule has 2 saturated heterocycles. The number of hydrogen-bond acceptors (Lipinski definition) is 3. The molecule has 2 heterocycles. The zero-order chi connectivity index (χ0) is 12.4. The van der Waals surface area contributed by atoms with Crippen molar-refractivity contribution in [3.8, 4) is 0 Å². The fourth-order valence-corrected chi connectivity index (χ4v) is 4.06. The maximum absolute atomic E-state index is 6.43. The molecular formula is C15H28N2O. The normalized spacial score (nSPS) is 37.2. The molecule has 0 aromatic carbocycles. The lowest BCUT2D eigenvalue weighted by molar-refractivity contribution is -0.0472. The van der Waals surface area contributed by atoms with Gasteiger partial charge in [0.05, 0.1) is 11.7 Å². The summed E-state index contributed by atoms with van der Waals surface area (Å²) in [5.74, 6) is 0. The smallest absolute Gasteiger partial charge is 0.0710 e. The Bertz CT molecular complexity index is 276. The van der Waals surface area contributed by atoms with E-state index < -0.39 is 0 Å². The molecule has 3 fully saturated rings. The Hall–Kier alpha value is -0.120. The van der Waals surface area contributed by atoms with Gasteiger partial charge in [-0.1, -0.05) is 12.8 Å². The third-order valence-electron chi connectivity index (χ3n) is 4.99. The van der Waals surface area contributed by atoms with Crippen molar-refractivity contribution in [2.24, 2.45) is 0 Å². The van der Waals surface area contributed by atoms with Crippen LogP contribution in [0.5, 0.6) is 0 Å². The van der Waals surface area contributed by atoms with Gasteiger partial charge < -0.3 is 10.1 Å². The van der Waals surface area contributed by atoms with Gasteiger partial charge in [0.15, 0.2) is 0 Å². The standard InChI is InChI=1S/C15H28N2O/c1-13-11-17(10-4-9-16-13)12-14-5-8-15(18-14)6-2-3-7-15/h13-14,16H,2-12H2,1H3. The van der Waals surface area contributed by atoms with Gasteiger partial charge in [0, 0.05) is 19.1 Å². The van der Waals surface area contributed by atoms with Crippen molar-refractivity contribution in [2.45, 2.75) is 69.6 Å². The minimum Gasteiger partial charge on any atom is -0.370 e. The van der Waals surface area contributed by atoms with Crippen molar-refractivity contribution in [2.75, 3.05) is 26.2 Å². The molecule has 3 aliphatic rings. The molecular weight excluding hydrogens is 224 g/mol. The Morgan fingerprint density at radius 2 is 2.06 bits per heavy atom. The Morgan fingerprint density at radius 3 is 2.89 bits per heavy atom. The fraction of sp³-hybridized carbons (Fsp3) is 1.00. The molecule has 3 rings (SSSR count). The Morgan fingerprint density at radius 1 is 1.22 bits per heavy atom. The summed E-state index contributed by atoms with van der Waals surface area (Å²) in [5, 5.41) is 3.57. The van der Waals surface area contributed by atoms with E-state index in [1.807, 2.05) is 0 Å². The van der Waals surface area contributed by atoms with Crippen LogP contribution in [0.2, 0.25) is 0 Å². The summed E-state index contributed by atoms with van der Waals surface area (Å²) in [6.07, 6.45) is 9.81. The highest BCUT2D eigenvalue weighted by molar-refractivity contribution is 4.93. The molecule has 1 N–H and O–H groups in total. The van der Waals surface area contributed by atoms with Gasteiger partial charge in [0.2, 0.25) is 0 Å². The number of hydrogen-bond donors (Lipinski definition) is 1. The quantitative estimate of drug-likeness (QED) is 0.815. The van der Waals surface area contributed by atoms with Gasteiger partial charge in [-0.25, -0.2) is 0 Å². The van der Waals surface area contributed by atoms with Crippen LogP contribution in [0.3, 0.4) is 0 Å². The number of rotatable bonds is 2. The van der Waals surface area contributed by atoms with E-state index in [1.165, 1.54) is 64.6 Å². The summed E-state index contributed by atoms with van der Waals surface area (Å²) in [6, 6.07) is 0.634. The van der Waals surface area contributed by atoms with Crippen LogP contribution < -0.4 is 5.32 Å². The van der Waals surface area contributed by atoms with Crippen LogP contribution in [0.15, 0.2) is 0 Å². The van der Waals surface area contributed by atoms with E-state index in [9.17, 15) is 0 Å². The van der Waals surface area contributed by atoms with Crippen molar-refractivity contribution in [3.63, 3.8) is 0 Å². The van der Waals surface area contributed by atoms with Gasteiger partial charge in [0.25, 0.3) is 0 Å². The summed E-state index contributed by atoms with van der Waals surface area (Å²) in [6.45, 7) is 7.06. The van der Waals surface area contributed by atoms with E-state index in [4.69, 9.17) is 4.74 Å². The highest BCUT2D eigenvalue weighted by Crippen LogP contribution is 2.43. The van der Waals surface area contributed by atoms with Crippen molar-refractivity contribution in [3.05, 3.63) is 0 Å². The molecule has 2 aliphatic heterocycles. The van der Waals surface area contributed by atoms with Gasteiger partial charge in [-0.3, -0.25) is 4.90 Å². The number of ether oxygens (including phenoxy) is 1. The minimum absolute atomic E-state index is 0.306. The van der Waals surface area contributed by atoms with Crippen LogP contribution in [-0.2, 0) is 4.74 Å². The zero-order valence-electron chi connectivity index (χ0n) is 11.8. The van der Waals surface area contributed by atoms with Gasteiger partial charge in [-0.05, 0) is 52.1 Å². The first kappa shape index (κ1) is 12.9. The van der Waals surface area contributed by atoms with Crippen LogP contribution in [0.1, 0.15) is 51.9 Å². The molecule has 104 valence electrons. The summed E-state index contributed by atoms with van der Waals surface area (Å²) in [4.78, 5) is 2.61. The second-order valence-corrected chi connectivity index (χ2v) is 6.64. The van der Waals surface area contributed by atoms with Gasteiger partial charge in [-0.2, -0.15) is 0 Å². The first-order chi connectivity index (χ1) is 8.76. The van der Waals surface area contributed by atoms with E-state index in [-0.39, 0.29) is 0 Å². The molecule has 0 amide bonds. The van der Waals surface area contributed by atoms with E-state index in [1.54, 1.807) is 0 Å². The van der Waals surface area contributed by atoms with Crippen LogP contribution in [0.4, 0.5) is 0 Å². The number of nitrogens with zero attached hydrogens (tertiary/aromatic N) is 1. The molecule has 1 aliphatic carbocycles. The molecule has 18 heavy (non-hydrogen) atoms. The first-order valence-corrected chi connectivity index (χ1v) is 7.89. The van der Waals surface area contributed by atoms with Crippen LogP contribution in [0.25, 0.3) is 0 Å². The summed E-state index contributed by atoms with van der Waals surface area (Å²) in [5.41, 5.74) is 0.306.